The summed E-state index contributed by atoms with van der Waals surface area (Å²) in [7, 11) is 0. The number of carbonyl (C=O) groups is 1. The van der Waals surface area contributed by atoms with Crippen LogP contribution < -0.4 is 0 Å². The van der Waals surface area contributed by atoms with Gasteiger partial charge in [0.25, 0.3) is 5.69 Å². The Morgan fingerprint density at radius 3 is 2.69 bits per heavy atom. The zero-order valence-corrected chi connectivity index (χ0v) is 6.43. The first kappa shape index (κ1) is 8.87. The molecular formula is C8H4N2O3. The van der Waals surface area contributed by atoms with Crippen LogP contribution in [0.3, 0.4) is 0 Å². The summed E-state index contributed by atoms with van der Waals surface area (Å²) in [5.74, 6) is 0. The predicted octanol–water partition coefficient (Wildman–Crippen LogP) is 1.28. The molecule has 0 N–H and O–H groups in total. The Morgan fingerprint density at radius 1 is 1.54 bits per heavy atom. The Labute approximate surface area is 73.4 Å². The van der Waals surface area contributed by atoms with E-state index >= 15 is 0 Å². The van der Waals surface area contributed by atoms with Crippen molar-refractivity contribution < 1.29 is 9.72 Å². The highest BCUT2D eigenvalue weighted by atomic mass is 16.6. The van der Waals surface area contributed by atoms with Crippen molar-refractivity contribution >= 4 is 12.0 Å². The Morgan fingerprint density at radius 2 is 2.23 bits per heavy atom. The molecule has 0 unspecified atom stereocenters. The molecule has 5 nitrogen and oxygen atoms in total. The molecule has 5 heteroatoms. The van der Waals surface area contributed by atoms with Gasteiger partial charge in [-0.15, -0.1) is 0 Å². The molecule has 13 heavy (non-hydrogen) atoms. The molecule has 0 bridgehead atoms. The number of benzene rings is 1. The molecule has 0 spiro atoms. The van der Waals surface area contributed by atoms with Crippen molar-refractivity contribution in [2.45, 2.75) is 0 Å². The number of nitro benzene ring substituents is 1. The van der Waals surface area contributed by atoms with E-state index in [0.717, 1.165) is 6.07 Å². The van der Waals surface area contributed by atoms with Gasteiger partial charge in [0, 0.05) is 6.07 Å². The molecule has 0 aliphatic carbocycles. The fraction of sp³-hybridized carbons (Fsp3) is 0. The van der Waals surface area contributed by atoms with Crippen molar-refractivity contribution in [3.05, 3.63) is 39.4 Å². The van der Waals surface area contributed by atoms with Gasteiger partial charge in [-0.3, -0.25) is 14.9 Å². The summed E-state index contributed by atoms with van der Waals surface area (Å²) < 4.78 is 0. The van der Waals surface area contributed by atoms with Crippen LogP contribution in [0.15, 0.2) is 18.2 Å². The third-order valence-electron chi connectivity index (χ3n) is 1.48. The molecular weight excluding hydrogens is 172 g/mol. The molecule has 64 valence electrons. The van der Waals surface area contributed by atoms with Crippen LogP contribution in [0.2, 0.25) is 0 Å². The van der Waals surface area contributed by atoms with E-state index in [1.54, 1.807) is 6.07 Å². The highest BCUT2D eigenvalue weighted by molar-refractivity contribution is 5.82. The summed E-state index contributed by atoms with van der Waals surface area (Å²) in [5.41, 5.74) is -0.134. The van der Waals surface area contributed by atoms with E-state index in [9.17, 15) is 14.9 Å². The van der Waals surface area contributed by atoms with E-state index in [2.05, 4.69) is 0 Å². The number of hydrogen-bond acceptors (Lipinski definition) is 4. The van der Waals surface area contributed by atoms with Gasteiger partial charge in [-0.05, 0) is 12.1 Å². The van der Waals surface area contributed by atoms with Crippen molar-refractivity contribution in [1.29, 1.82) is 5.26 Å². The lowest BCUT2D eigenvalue weighted by Gasteiger charge is -1.94. The standard InChI is InChI=1S/C8H4N2O3/c9-4-6-1-2-8(10(12)13)7(3-6)5-11/h1-3,5H. The molecule has 0 heterocycles. The van der Waals surface area contributed by atoms with Gasteiger partial charge in [-0.1, -0.05) is 0 Å². The van der Waals surface area contributed by atoms with Gasteiger partial charge in [0.2, 0.25) is 0 Å². The lowest BCUT2D eigenvalue weighted by Crippen LogP contribution is -1.94. The van der Waals surface area contributed by atoms with E-state index in [0.29, 0.717) is 6.29 Å². The zero-order valence-electron chi connectivity index (χ0n) is 6.43. The smallest absolute Gasteiger partial charge is 0.279 e. The second kappa shape index (κ2) is 3.45. The molecule has 0 atom stereocenters. The first-order valence-electron chi connectivity index (χ1n) is 3.32. The first-order valence-corrected chi connectivity index (χ1v) is 3.32. The molecule has 1 rings (SSSR count). The second-order valence-electron chi connectivity index (χ2n) is 2.26. The van der Waals surface area contributed by atoms with Crippen molar-refractivity contribution in [2.75, 3.05) is 0 Å². The molecule has 0 fully saturated rings. The minimum Gasteiger partial charge on any atom is -0.298 e. The summed E-state index contributed by atoms with van der Waals surface area (Å²) >= 11 is 0. The fourth-order valence-corrected chi connectivity index (χ4v) is 0.885. The number of hydrogen-bond donors (Lipinski definition) is 0. The fourth-order valence-electron chi connectivity index (χ4n) is 0.885. The van der Waals surface area contributed by atoms with Gasteiger partial charge in [0.15, 0.2) is 6.29 Å². The average molecular weight is 176 g/mol. The molecule has 0 saturated carbocycles. The van der Waals surface area contributed by atoms with Gasteiger partial charge in [-0.2, -0.15) is 5.26 Å². The maximum atomic E-state index is 10.4. The second-order valence-corrected chi connectivity index (χ2v) is 2.26. The molecule has 1 aromatic carbocycles. The maximum absolute atomic E-state index is 10.4. The highest BCUT2D eigenvalue weighted by Crippen LogP contribution is 2.17. The third kappa shape index (κ3) is 1.68. The molecule has 0 radical (unpaired) electrons. The van der Waals surface area contributed by atoms with Gasteiger partial charge >= 0.3 is 0 Å². The highest BCUT2D eigenvalue weighted by Gasteiger charge is 2.12. The van der Waals surface area contributed by atoms with Crippen LogP contribution >= 0.6 is 0 Å². The Bertz CT molecular complexity index is 406. The van der Waals surface area contributed by atoms with Gasteiger partial charge in [0.1, 0.15) is 0 Å². The Hall–Kier alpha value is -2.22. The normalized spacial score (nSPS) is 8.85. The lowest BCUT2D eigenvalue weighted by atomic mass is 10.1. The largest absolute Gasteiger partial charge is 0.298 e. The van der Waals surface area contributed by atoms with Gasteiger partial charge in [-0.25, -0.2) is 0 Å². The van der Waals surface area contributed by atoms with E-state index in [-0.39, 0.29) is 16.8 Å². The first-order chi connectivity index (χ1) is 6.19. The van der Waals surface area contributed by atoms with Crippen molar-refractivity contribution in [1.82, 2.24) is 0 Å². The van der Waals surface area contributed by atoms with Crippen LogP contribution in [0, 0.1) is 21.4 Å². The molecule has 0 aliphatic heterocycles. The SMILES string of the molecule is N#Cc1ccc([N+](=O)[O-])c(C=O)c1. The molecule has 0 aromatic heterocycles. The van der Waals surface area contributed by atoms with Gasteiger partial charge in [0.05, 0.1) is 22.1 Å². The molecule has 0 aliphatic rings. The lowest BCUT2D eigenvalue weighted by molar-refractivity contribution is -0.385. The maximum Gasteiger partial charge on any atom is 0.279 e. The number of nitriles is 1. The van der Waals surface area contributed by atoms with E-state index in [4.69, 9.17) is 5.26 Å². The Kier molecular flexibility index (Phi) is 2.36. The number of carbonyl (C=O) groups excluding carboxylic acids is 1. The topological polar surface area (TPSA) is 84.0 Å². The van der Waals surface area contributed by atoms with Gasteiger partial charge < -0.3 is 0 Å². The average Bonchev–Trinajstić information content (AvgIpc) is 2.16. The third-order valence-corrected chi connectivity index (χ3v) is 1.48. The monoisotopic (exact) mass is 176 g/mol. The zero-order chi connectivity index (χ0) is 9.84. The minimum absolute atomic E-state index is 0.0796. The quantitative estimate of drug-likeness (QED) is 0.386. The van der Waals surface area contributed by atoms with Crippen LogP contribution in [0.1, 0.15) is 15.9 Å². The predicted molar refractivity (Wildman–Crippen MR) is 43.2 cm³/mol. The molecule has 0 saturated heterocycles. The van der Waals surface area contributed by atoms with Crippen molar-refractivity contribution in [3.8, 4) is 6.07 Å². The van der Waals surface area contributed by atoms with Crippen LogP contribution in [-0.4, -0.2) is 11.2 Å². The summed E-state index contributed by atoms with van der Waals surface area (Å²) in [6.45, 7) is 0. The van der Waals surface area contributed by atoms with E-state index in [1.165, 1.54) is 12.1 Å². The Balaban J connectivity index is 3.33. The number of rotatable bonds is 2. The number of nitro groups is 1. The van der Waals surface area contributed by atoms with Crippen molar-refractivity contribution in [2.24, 2.45) is 0 Å². The van der Waals surface area contributed by atoms with E-state index < -0.39 is 4.92 Å². The van der Waals surface area contributed by atoms with Crippen LogP contribution in [0.4, 0.5) is 5.69 Å². The summed E-state index contributed by atoms with van der Waals surface area (Å²) in [6, 6.07) is 5.41. The summed E-state index contributed by atoms with van der Waals surface area (Å²) in [4.78, 5) is 20.1. The summed E-state index contributed by atoms with van der Waals surface area (Å²) in [5, 5.41) is 18.8. The van der Waals surface area contributed by atoms with E-state index in [1.807, 2.05) is 0 Å². The van der Waals surface area contributed by atoms with Crippen LogP contribution in [-0.2, 0) is 0 Å². The van der Waals surface area contributed by atoms with Crippen molar-refractivity contribution in [3.63, 3.8) is 0 Å². The molecule has 0 amide bonds. The minimum atomic E-state index is -0.662. The molecule has 1 aromatic rings. The van der Waals surface area contributed by atoms with Crippen LogP contribution in [0.25, 0.3) is 0 Å². The van der Waals surface area contributed by atoms with Crippen LogP contribution in [0.5, 0.6) is 0 Å². The number of nitrogens with zero attached hydrogens (tertiary/aromatic N) is 2. The summed E-state index contributed by atoms with van der Waals surface area (Å²) in [6.07, 6.45) is 0.360. The number of aldehydes is 1.